The summed E-state index contributed by atoms with van der Waals surface area (Å²) in [6.07, 6.45) is 5.58. The quantitative estimate of drug-likeness (QED) is 0.669. The van der Waals surface area contributed by atoms with Crippen LogP contribution >= 0.6 is 0 Å². The van der Waals surface area contributed by atoms with Crippen LogP contribution in [0.5, 0.6) is 0 Å². The molecule has 0 aromatic heterocycles. The van der Waals surface area contributed by atoms with Crippen molar-refractivity contribution < 1.29 is 0 Å². The molecule has 0 spiro atoms. The molecule has 1 aliphatic heterocycles. The second-order valence-electron chi connectivity index (χ2n) is 6.15. The normalized spacial score (nSPS) is 24.2. The van der Waals surface area contributed by atoms with Crippen LogP contribution in [0.2, 0.25) is 0 Å². The molecule has 15 heavy (non-hydrogen) atoms. The van der Waals surface area contributed by atoms with Gasteiger partial charge in [0.1, 0.15) is 0 Å². The molecular formula is C14H29N. The maximum atomic E-state index is 2.64. The Morgan fingerprint density at radius 3 is 1.73 bits per heavy atom. The lowest BCUT2D eigenvalue weighted by atomic mass is 9.71. The Bertz CT molecular complexity index is 174. The van der Waals surface area contributed by atoms with Crippen LogP contribution in [0.3, 0.4) is 0 Å². The molecule has 1 rings (SSSR count). The van der Waals surface area contributed by atoms with Gasteiger partial charge >= 0.3 is 0 Å². The largest absolute Gasteiger partial charge is 0.301 e. The second-order valence-corrected chi connectivity index (χ2v) is 6.15. The Morgan fingerprint density at radius 1 is 0.933 bits per heavy atom. The minimum atomic E-state index is 0.600. The summed E-state index contributed by atoms with van der Waals surface area (Å²) in [5, 5.41) is 0. The fourth-order valence-corrected chi connectivity index (χ4v) is 2.70. The average Bonchev–Trinajstić information content (AvgIpc) is 2.10. The zero-order valence-electron chi connectivity index (χ0n) is 11.3. The van der Waals surface area contributed by atoms with E-state index in [9.17, 15) is 0 Å². The highest BCUT2D eigenvalue weighted by atomic mass is 15.1. The van der Waals surface area contributed by atoms with E-state index >= 15 is 0 Å². The summed E-state index contributed by atoms with van der Waals surface area (Å²) < 4.78 is 0. The molecule has 0 unspecified atom stereocenters. The molecule has 0 saturated carbocycles. The highest BCUT2D eigenvalue weighted by molar-refractivity contribution is 4.81. The lowest BCUT2D eigenvalue weighted by Gasteiger charge is -2.39. The molecule has 0 aliphatic carbocycles. The number of rotatable bonds is 2. The maximum absolute atomic E-state index is 2.64. The summed E-state index contributed by atoms with van der Waals surface area (Å²) in [7, 11) is 0. The van der Waals surface area contributed by atoms with Crippen molar-refractivity contribution in [3.05, 3.63) is 0 Å². The van der Waals surface area contributed by atoms with Gasteiger partial charge in [-0.05, 0) is 64.0 Å². The van der Waals surface area contributed by atoms with Crippen LogP contribution in [0, 0.1) is 11.3 Å². The van der Waals surface area contributed by atoms with Gasteiger partial charge in [0.15, 0.2) is 0 Å². The third kappa shape index (κ3) is 3.48. The molecule has 1 saturated heterocycles. The maximum Gasteiger partial charge on any atom is 0.00385 e. The lowest BCUT2D eigenvalue weighted by Crippen LogP contribution is -2.37. The standard InChI is InChI=1S/C14H29N/c1-12(2)14(5)8-6-10-15(13(3)4)11-7-9-14/h12-13H,6-11H2,1-5H3. The van der Waals surface area contributed by atoms with Gasteiger partial charge in [0.25, 0.3) is 0 Å². The molecule has 0 bridgehead atoms. The fourth-order valence-electron chi connectivity index (χ4n) is 2.70. The number of hydrogen-bond donors (Lipinski definition) is 0. The summed E-state index contributed by atoms with van der Waals surface area (Å²) in [5.74, 6) is 0.836. The monoisotopic (exact) mass is 211 g/mol. The van der Waals surface area contributed by atoms with E-state index in [1.807, 2.05) is 0 Å². The number of likely N-dealkylation sites (tertiary alicyclic amines) is 1. The molecule has 1 aliphatic rings. The zero-order valence-corrected chi connectivity index (χ0v) is 11.3. The third-order valence-corrected chi connectivity index (χ3v) is 4.51. The molecule has 0 atom stereocenters. The molecule has 0 aromatic carbocycles. The zero-order chi connectivity index (χ0) is 11.5. The van der Waals surface area contributed by atoms with Gasteiger partial charge in [0.2, 0.25) is 0 Å². The van der Waals surface area contributed by atoms with E-state index in [0.717, 1.165) is 12.0 Å². The van der Waals surface area contributed by atoms with Gasteiger partial charge in [-0.2, -0.15) is 0 Å². The van der Waals surface area contributed by atoms with Crippen molar-refractivity contribution in [3.8, 4) is 0 Å². The first-order chi connectivity index (χ1) is 6.96. The number of nitrogens with zero attached hydrogens (tertiary/aromatic N) is 1. The molecule has 1 nitrogen and oxygen atoms in total. The highest BCUT2D eigenvalue weighted by Crippen LogP contribution is 2.38. The topological polar surface area (TPSA) is 3.24 Å². The Morgan fingerprint density at radius 2 is 1.40 bits per heavy atom. The molecule has 1 heteroatoms. The van der Waals surface area contributed by atoms with Crippen molar-refractivity contribution in [1.82, 2.24) is 4.90 Å². The van der Waals surface area contributed by atoms with Gasteiger partial charge in [-0.25, -0.2) is 0 Å². The van der Waals surface area contributed by atoms with Gasteiger partial charge in [-0.15, -0.1) is 0 Å². The van der Waals surface area contributed by atoms with E-state index in [-0.39, 0.29) is 0 Å². The van der Waals surface area contributed by atoms with Crippen LogP contribution in [0.25, 0.3) is 0 Å². The molecule has 0 radical (unpaired) electrons. The van der Waals surface area contributed by atoms with E-state index in [1.54, 1.807) is 0 Å². The van der Waals surface area contributed by atoms with E-state index in [0.29, 0.717) is 5.41 Å². The van der Waals surface area contributed by atoms with Crippen LogP contribution in [0.1, 0.15) is 60.3 Å². The smallest absolute Gasteiger partial charge is 0.00385 e. The predicted octanol–water partition coefficient (Wildman–Crippen LogP) is 3.93. The molecule has 0 aromatic rings. The molecular weight excluding hydrogens is 182 g/mol. The van der Waals surface area contributed by atoms with E-state index in [1.165, 1.54) is 38.8 Å². The van der Waals surface area contributed by atoms with Gasteiger partial charge in [-0.1, -0.05) is 20.8 Å². The van der Waals surface area contributed by atoms with Crippen LogP contribution in [0.4, 0.5) is 0 Å². The number of hydrogen-bond acceptors (Lipinski definition) is 1. The first-order valence-corrected chi connectivity index (χ1v) is 6.70. The van der Waals surface area contributed by atoms with Crippen molar-refractivity contribution in [2.75, 3.05) is 13.1 Å². The van der Waals surface area contributed by atoms with Gasteiger partial charge in [0.05, 0.1) is 0 Å². The first kappa shape index (κ1) is 13.0. The van der Waals surface area contributed by atoms with E-state index in [2.05, 4.69) is 39.5 Å². The summed E-state index contributed by atoms with van der Waals surface area (Å²) in [5.41, 5.74) is 0.600. The Kier molecular flexibility index (Phi) is 4.64. The second kappa shape index (κ2) is 5.34. The van der Waals surface area contributed by atoms with Crippen molar-refractivity contribution in [1.29, 1.82) is 0 Å². The summed E-state index contributed by atoms with van der Waals surface area (Å²) in [6, 6.07) is 0.730. The van der Waals surface area contributed by atoms with Crippen LogP contribution < -0.4 is 0 Å². The molecule has 0 N–H and O–H groups in total. The Labute approximate surface area is 96.2 Å². The average molecular weight is 211 g/mol. The minimum Gasteiger partial charge on any atom is -0.301 e. The summed E-state index contributed by atoms with van der Waals surface area (Å²) >= 11 is 0. The molecule has 90 valence electrons. The van der Waals surface area contributed by atoms with Crippen molar-refractivity contribution in [2.24, 2.45) is 11.3 Å². The van der Waals surface area contributed by atoms with Gasteiger partial charge in [-0.3, -0.25) is 0 Å². The van der Waals surface area contributed by atoms with Crippen LogP contribution in [-0.4, -0.2) is 24.0 Å². The Hall–Kier alpha value is -0.0400. The van der Waals surface area contributed by atoms with Crippen molar-refractivity contribution in [2.45, 2.75) is 66.3 Å². The summed E-state index contributed by atoms with van der Waals surface area (Å²) in [4.78, 5) is 2.64. The van der Waals surface area contributed by atoms with E-state index in [4.69, 9.17) is 0 Å². The van der Waals surface area contributed by atoms with Crippen LogP contribution in [0.15, 0.2) is 0 Å². The summed E-state index contributed by atoms with van der Waals surface area (Å²) in [6.45, 7) is 14.5. The molecule has 1 fully saturated rings. The van der Waals surface area contributed by atoms with Crippen LogP contribution in [-0.2, 0) is 0 Å². The first-order valence-electron chi connectivity index (χ1n) is 6.70. The lowest BCUT2D eigenvalue weighted by molar-refractivity contribution is 0.113. The minimum absolute atomic E-state index is 0.600. The Balaban J connectivity index is 2.50. The van der Waals surface area contributed by atoms with Crippen molar-refractivity contribution >= 4 is 0 Å². The molecule has 0 amide bonds. The van der Waals surface area contributed by atoms with Crippen molar-refractivity contribution in [3.63, 3.8) is 0 Å². The van der Waals surface area contributed by atoms with Gasteiger partial charge < -0.3 is 4.90 Å². The highest BCUT2D eigenvalue weighted by Gasteiger charge is 2.29. The SMILES string of the molecule is CC(C)N1CCCC(C)(C(C)C)CCC1. The predicted molar refractivity (Wildman–Crippen MR) is 68.1 cm³/mol. The fraction of sp³-hybridized carbons (Fsp3) is 1.00. The van der Waals surface area contributed by atoms with E-state index < -0.39 is 0 Å². The molecule has 1 heterocycles. The third-order valence-electron chi connectivity index (χ3n) is 4.51. The van der Waals surface area contributed by atoms with Gasteiger partial charge in [0, 0.05) is 6.04 Å².